The first-order chi connectivity index (χ1) is 15.3. The van der Waals surface area contributed by atoms with Crippen molar-refractivity contribution in [1.29, 1.82) is 0 Å². The largest absolute Gasteiger partial charge is 0.492 e. The molecule has 5 rings (SSSR count). The van der Waals surface area contributed by atoms with Crippen molar-refractivity contribution in [2.75, 3.05) is 78.7 Å². The maximum Gasteiger partial charge on any atom is 0.139 e. The molecule has 0 bridgehead atoms. The molecule has 3 heterocycles. The van der Waals surface area contributed by atoms with Gasteiger partial charge in [-0.15, -0.1) is 24.8 Å². The average Bonchev–Trinajstić information content (AvgIpc) is 3.18. The van der Waals surface area contributed by atoms with Crippen LogP contribution in [0.1, 0.15) is 0 Å². The van der Waals surface area contributed by atoms with E-state index in [2.05, 4.69) is 32.6 Å². The Hall–Kier alpha value is -1.74. The second-order valence-corrected chi connectivity index (χ2v) is 8.30. The standard InChI is InChI=1S/C24H32N4O3.2ClH/c1-3-21-22-17-19(29-15-13-27-9-5-25-6-10-27)2-4-23(22)31-24(21)18-20(1)30-16-14-28-11-7-26-8-12-28;;/h1-4,17-18,25-26H,5-16H2;2*1H. The van der Waals surface area contributed by atoms with E-state index in [4.69, 9.17) is 13.9 Å². The zero-order valence-corrected chi connectivity index (χ0v) is 20.5. The normalized spacial score (nSPS) is 17.5. The van der Waals surface area contributed by atoms with Gasteiger partial charge in [0.2, 0.25) is 0 Å². The van der Waals surface area contributed by atoms with Gasteiger partial charge in [-0.05, 0) is 30.3 Å². The number of piperazine rings is 2. The molecule has 0 saturated carbocycles. The van der Waals surface area contributed by atoms with Crippen molar-refractivity contribution in [1.82, 2.24) is 20.4 Å². The van der Waals surface area contributed by atoms with E-state index in [0.717, 1.165) is 98.9 Å². The van der Waals surface area contributed by atoms with Gasteiger partial charge in [-0.1, -0.05) is 0 Å². The van der Waals surface area contributed by atoms with E-state index in [-0.39, 0.29) is 24.8 Å². The summed E-state index contributed by atoms with van der Waals surface area (Å²) in [5.74, 6) is 1.75. The van der Waals surface area contributed by atoms with Gasteiger partial charge in [0.25, 0.3) is 0 Å². The third kappa shape index (κ3) is 6.66. The lowest BCUT2D eigenvalue weighted by Gasteiger charge is -2.26. The van der Waals surface area contributed by atoms with Gasteiger partial charge in [0.05, 0.1) is 0 Å². The highest BCUT2D eigenvalue weighted by Crippen LogP contribution is 2.33. The van der Waals surface area contributed by atoms with Gasteiger partial charge >= 0.3 is 0 Å². The van der Waals surface area contributed by atoms with Crippen LogP contribution in [-0.4, -0.2) is 88.5 Å². The highest BCUT2D eigenvalue weighted by atomic mass is 35.5. The van der Waals surface area contributed by atoms with Crippen LogP contribution >= 0.6 is 24.8 Å². The van der Waals surface area contributed by atoms with Gasteiger partial charge in [0, 0.05) is 82.3 Å². The van der Waals surface area contributed by atoms with Crippen LogP contribution in [0.15, 0.2) is 40.8 Å². The topological polar surface area (TPSA) is 62.1 Å². The number of nitrogens with one attached hydrogen (secondary N) is 2. The van der Waals surface area contributed by atoms with E-state index in [0.29, 0.717) is 13.2 Å². The number of fused-ring (bicyclic) bond motifs is 3. The van der Waals surface area contributed by atoms with Gasteiger partial charge < -0.3 is 24.5 Å². The third-order valence-electron chi connectivity index (χ3n) is 6.19. The van der Waals surface area contributed by atoms with Gasteiger partial charge in [-0.2, -0.15) is 0 Å². The Kier molecular flexibility index (Phi) is 9.92. The van der Waals surface area contributed by atoms with Gasteiger partial charge in [-0.3, -0.25) is 9.80 Å². The molecule has 2 saturated heterocycles. The van der Waals surface area contributed by atoms with E-state index in [1.807, 2.05) is 24.3 Å². The number of hydrogen-bond acceptors (Lipinski definition) is 7. The first kappa shape index (κ1) is 25.9. The maximum absolute atomic E-state index is 6.07. The third-order valence-corrected chi connectivity index (χ3v) is 6.19. The lowest BCUT2D eigenvalue weighted by atomic mass is 10.1. The average molecular weight is 497 g/mol. The number of halogens is 2. The first-order valence-corrected chi connectivity index (χ1v) is 11.4. The van der Waals surface area contributed by atoms with Crippen LogP contribution in [-0.2, 0) is 0 Å². The van der Waals surface area contributed by atoms with Crippen LogP contribution in [0.2, 0.25) is 0 Å². The number of ether oxygens (including phenoxy) is 2. The molecule has 1 aromatic heterocycles. The Morgan fingerprint density at radius 2 is 1.21 bits per heavy atom. The molecule has 0 radical (unpaired) electrons. The number of rotatable bonds is 8. The molecule has 3 aromatic rings. The van der Waals surface area contributed by atoms with Gasteiger partial charge in [0.1, 0.15) is 35.9 Å². The molecule has 0 atom stereocenters. The van der Waals surface area contributed by atoms with Gasteiger partial charge in [0.15, 0.2) is 0 Å². The predicted octanol–water partition coefficient (Wildman–Crippen LogP) is 3.00. The lowest BCUT2D eigenvalue weighted by Crippen LogP contribution is -2.44. The van der Waals surface area contributed by atoms with Gasteiger partial charge in [-0.25, -0.2) is 0 Å². The van der Waals surface area contributed by atoms with E-state index in [9.17, 15) is 0 Å². The molecule has 0 unspecified atom stereocenters. The summed E-state index contributed by atoms with van der Waals surface area (Å²) in [7, 11) is 0. The summed E-state index contributed by atoms with van der Waals surface area (Å²) in [6.07, 6.45) is 0. The van der Waals surface area contributed by atoms with Crippen LogP contribution in [0.25, 0.3) is 21.9 Å². The van der Waals surface area contributed by atoms with Crippen molar-refractivity contribution in [2.45, 2.75) is 0 Å². The van der Waals surface area contributed by atoms with Crippen LogP contribution < -0.4 is 20.1 Å². The molecule has 2 aliphatic rings. The highest BCUT2D eigenvalue weighted by Gasteiger charge is 2.12. The molecule has 33 heavy (non-hydrogen) atoms. The van der Waals surface area contributed by atoms with Crippen molar-refractivity contribution < 1.29 is 13.9 Å². The Labute approximate surface area is 207 Å². The van der Waals surface area contributed by atoms with Crippen molar-refractivity contribution in [2.24, 2.45) is 0 Å². The van der Waals surface area contributed by atoms with E-state index >= 15 is 0 Å². The molecule has 2 N–H and O–H groups in total. The summed E-state index contributed by atoms with van der Waals surface area (Å²) >= 11 is 0. The minimum Gasteiger partial charge on any atom is -0.492 e. The monoisotopic (exact) mass is 496 g/mol. The minimum atomic E-state index is 0. The zero-order chi connectivity index (χ0) is 20.9. The molecule has 2 aromatic carbocycles. The zero-order valence-electron chi connectivity index (χ0n) is 18.9. The fraction of sp³-hybridized carbons (Fsp3) is 0.500. The molecule has 182 valence electrons. The first-order valence-electron chi connectivity index (χ1n) is 11.4. The second kappa shape index (κ2) is 12.6. The summed E-state index contributed by atoms with van der Waals surface area (Å²) in [5, 5.41) is 8.94. The van der Waals surface area contributed by atoms with Crippen LogP contribution in [0.5, 0.6) is 11.5 Å². The fourth-order valence-corrected chi connectivity index (χ4v) is 4.37. The summed E-state index contributed by atoms with van der Waals surface area (Å²) in [6.45, 7) is 11.9. The van der Waals surface area contributed by atoms with E-state index in [1.165, 1.54) is 0 Å². The highest BCUT2D eigenvalue weighted by molar-refractivity contribution is 6.05. The molecular weight excluding hydrogens is 463 g/mol. The SMILES string of the molecule is Cl.Cl.c1cc2c(cc1OCCN1CCNCC1)oc1ccc(OCCN3CCNCC3)cc12. The Morgan fingerprint density at radius 1 is 0.667 bits per heavy atom. The summed E-state index contributed by atoms with van der Waals surface area (Å²) in [4.78, 5) is 4.87. The molecule has 2 fully saturated rings. The lowest BCUT2D eigenvalue weighted by molar-refractivity contribution is 0.191. The maximum atomic E-state index is 6.07. The second-order valence-electron chi connectivity index (χ2n) is 8.30. The van der Waals surface area contributed by atoms with Crippen LogP contribution in [0.4, 0.5) is 0 Å². The van der Waals surface area contributed by atoms with E-state index < -0.39 is 0 Å². The van der Waals surface area contributed by atoms with Crippen LogP contribution in [0, 0.1) is 0 Å². The number of hydrogen-bond donors (Lipinski definition) is 2. The Bertz CT molecular complexity index is 1000. The molecular formula is C24H34Cl2N4O3. The smallest absolute Gasteiger partial charge is 0.139 e. The predicted molar refractivity (Wildman–Crippen MR) is 138 cm³/mol. The number of benzene rings is 2. The summed E-state index contributed by atoms with van der Waals surface area (Å²) < 4.78 is 18.1. The van der Waals surface area contributed by atoms with Crippen LogP contribution in [0.3, 0.4) is 0 Å². The number of furan rings is 1. The Balaban J connectivity index is 0.00000153. The molecule has 0 aliphatic carbocycles. The molecule has 0 spiro atoms. The molecule has 0 amide bonds. The molecule has 2 aliphatic heterocycles. The van der Waals surface area contributed by atoms with Crippen molar-refractivity contribution in [3.8, 4) is 11.5 Å². The molecule has 9 heteroatoms. The van der Waals surface area contributed by atoms with Crippen molar-refractivity contribution in [3.63, 3.8) is 0 Å². The minimum absolute atomic E-state index is 0. The quantitative estimate of drug-likeness (QED) is 0.496. The molecule has 7 nitrogen and oxygen atoms in total. The number of nitrogens with zero attached hydrogens (tertiary/aromatic N) is 2. The van der Waals surface area contributed by atoms with E-state index in [1.54, 1.807) is 0 Å². The summed E-state index contributed by atoms with van der Waals surface area (Å²) in [5.41, 5.74) is 1.73. The Morgan fingerprint density at radius 3 is 1.82 bits per heavy atom. The fourth-order valence-electron chi connectivity index (χ4n) is 4.37. The van der Waals surface area contributed by atoms with Crippen molar-refractivity contribution >= 4 is 46.8 Å². The summed E-state index contributed by atoms with van der Waals surface area (Å²) in [6, 6.07) is 12.2. The van der Waals surface area contributed by atoms with Crippen molar-refractivity contribution in [3.05, 3.63) is 36.4 Å².